The van der Waals surface area contributed by atoms with E-state index in [-0.39, 0.29) is 0 Å². The van der Waals surface area contributed by atoms with E-state index >= 15 is 0 Å². The molecule has 0 heterocycles. The molecule has 0 amide bonds. The van der Waals surface area contributed by atoms with E-state index in [1.54, 1.807) is 12.1 Å². The highest BCUT2D eigenvalue weighted by Crippen LogP contribution is 2.43. The molecular weight excluding hydrogens is 124 g/mol. The Bertz CT molecular complexity index is 238. The molecule has 1 aliphatic rings. The fraction of sp³-hybridized carbons (Fsp3) is 0.333. The molecule has 10 heavy (non-hydrogen) atoms. The number of aromatic hydroxyl groups is 1. The number of rotatable bonds is 1. The van der Waals surface area contributed by atoms with Gasteiger partial charge in [0.1, 0.15) is 5.75 Å². The third kappa shape index (κ3) is 0.878. The third-order valence-electron chi connectivity index (χ3n) is 1.89. The van der Waals surface area contributed by atoms with Crippen molar-refractivity contribution in [1.29, 1.82) is 0 Å². The first-order valence-corrected chi connectivity index (χ1v) is 3.57. The summed E-state index contributed by atoms with van der Waals surface area (Å²) in [7, 11) is 0. The van der Waals surface area contributed by atoms with Gasteiger partial charge in [0.25, 0.3) is 0 Å². The Morgan fingerprint density at radius 1 is 1.50 bits per heavy atom. The topological polar surface area (TPSA) is 20.2 Å². The number of hydrogen-bond acceptors (Lipinski definition) is 1. The van der Waals surface area contributed by atoms with Gasteiger partial charge in [0.05, 0.1) is 0 Å². The zero-order valence-corrected chi connectivity index (χ0v) is 5.67. The molecule has 1 aromatic rings. The monoisotopic (exact) mass is 133 g/mol. The second-order valence-corrected chi connectivity index (χ2v) is 2.76. The average Bonchev–Trinajstić information content (AvgIpc) is 2.71. The molecular formula is C9H9O. The van der Waals surface area contributed by atoms with Crippen LogP contribution in [0.5, 0.6) is 5.75 Å². The lowest BCUT2D eigenvalue weighted by Gasteiger charge is -1.98. The van der Waals surface area contributed by atoms with E-state index in [4.69, 9.17) is 0 Å². The summed E-state index contributed by atoms with van der Waals surface area (Å²) in [6.45, 7) is 0. The number of phenolic OH excluding ortho intramolecular Hbond substituents is 1. The van der Waals surface area contributed by atoms with Gasteiger partial charge in [-0.3, -0.25) is 0 Å². The van der Waals surface area contributed by atoms with Crippen molar-refractivity contribution in [2.75, 3.05) is 0 Å². The predicted molar refractivity (Wildman–Crippen MR) is 38.9 cm³/mol. The van der Waals surface area contributed by atoms with E-state index in [1.165, 1.54) is 12.8 Å². The highest BCUT2D eigenvalue weighted by atomic mass is 16.3. The summed E-state index contributed by atoms with van der Waals surface area (Å²) in [5, 5.41) is 9.30. The van der Waals surface area contributed by atoms with Gasteiger partial charge in [0, 0.05) is 0 Å². The summed E-state index contributed by atoms with van der Waals surface area (Å²) >= 11 is 0. The van der Waals surface area contributed by atoms with Crippen molar-refractivity contribution in [2.24, 2.45) is 0 Å². The van der Waals surface area contributed by atoms with Crippen molar-refractivity contribution in [3.8, 4) is 5.75 Å². The van der Waals surface area contributed by atoms with Crippen LogP contribution >= 0.6 is 0 Å². The van der Waals surface area contributed by atoms with Gasteiger partial charge in [0.2, 0.25) is 0 Å². The molecule has 0 unspecified atom stereocenters. The molecule has 1 saturated carbocycles. The lowest BCUT2D eigenvalue weighted by atomic mass is 10.1. The van der Waals surface area contributed by atoms with Crippen molar-refractivity contribution >= 4 is 0 Å². The molecule has 1 heteroatoms. The normalized spacial score (nSPS) is 17.2. The van der Waals surface area contributed by atoms with Crippen molar-refractivity contribution in [1.82, 2.24) is 0 Å². The Hall–Kier alpha value is -0.980. The first-order valence-electron chi connectivity index (χ1n) is 3.57. The van der Waals surface area contributed by atoms with Crippen molar-refractivity contribution in [3.63, 3.8) is 0 Å². The van der Waals surface area contributed by atoms with Gasteiger partial charge in [-0.15, -0.1) is 0 Å². The second-order valence-electron chi connectivity index (χ2n) is 2.76. The summed E-state index contributed by atoms with van der Waals surface area (Å²) in [4.78, 5) is 0. The van der Waals surface area contributed by atoms with Crippen molar-refractivity contribution in [3.05, 3.63) is 29.8 Å². The molecule has 51 valence electrons. The maximum absolute atomic E-state index is 9.30. The number of phenols is 1. The van der Waals surface area contributed by atoms with Gasteiger partial charge in [-0.25, -0.2) is 0 Å². The van der Waals surface area contributed by atoms with Crippen molar-refractivity contribution < 1.29 is 5.11 Å². The van der Waals surface area contributed by atoms with E-state index < -0.39 is 0 Å². The van der Waals surface area contributed by atoms with Crippen LogP contribution in [0.1, 0.15) is 24.3 Å². The number of benzene rings is 1. The average molecular weight is 133 g/mol. The maximum atomic E-state index is 9.30. The van der Waals surface area contributed by atoms with E-state index in [1.807, 2.05) is 6.07 Å². The Kier molecular flexibility index (Phi) is 1.16. The molecule has 0 spiro atoms. The van der Waals surface area contributed by atoms with Gasteiger partial charge in [-0.05, 0) is 42.5 Å². The van der Waals surface area contributed by atoms with Crippen molar-refractivity contribution in [2.45, 2.75) is 18.8 Å². The zero-order valence-electron chi connectivity index (χ0n) is 5.67. The molecule has 1 fully saturated rings. The first kappa shape index (κ1) is 5.78. The van der Waals surface area contributed by atoms with Crippen LogP contribution in [0.25, 0.3) is 0 Å². The standard InChI is InChI=1S/C9H9O/c10-9-4-2-1-3-8(9)7-5-6-7/h2-4,7,10H,5-6H2. The van der Waals surface area contributed by atoms with Crippen LogP contribution in [-0.4, -0.2) is 5.11 Å². The Balaban J connectivity index is 2.39. The summed E-state index contributed by atoms with van der Waals surface area (Å²) in [5.74, 6) is 1.05. The lowest BCUT2D eigenvalue weighted by Crippen LogP contribution is -1.78. The summed E-state index contributed by atoms with van der Waals surface area (Å²) < 4.78 is 0. The third-order valence-corrected chi connectivity index (χ3v) is 1.89. The van der Waals surface area contributed by atoms with Gasteiger partial charge >= 0.3 is 0 Å². The quantitative estimate of drug-likeness (QED) is 0.621. The maximum Gasteiger partial charge on any atom is 0.119 e. The summed E-state index contributed by atoms with van der Waals surface area (Å²) in [5.41, 5.74) is 1.07. The van der Waals surface area contributed by atoms with Crippen LogP contribution in [0.15, 0.2) is 18.2 Å². The van der Waals surface area contributed by atoms with E-state index in [9.17, 15) is 5.11 Å². The molecule has 0 atom stereocenters. The Morgan fingerprint density at radius 3 is 2.90 bits per heavy atom. The zero-order chi connectivity index (χ0) is 6.97. The predicted octanol–water partition coefficient (Wildman–Crippen LogP) is 2.07. The molecule has 1 aromatic carbocycles. The molecule has 0 aromatic heterocycles. The molecule has 1 radical (unpaired) electrons. The smallest absolute Gasteiger partial charge is 0.119 e. The van der Waals surface area contributed by atoms with Crippen LogP contribution in [0.2, 0.25) is 0 Å². The molecule has 2 rings (SSSR count). The van der Waals surface area contributed by atoms with E-state index in [0.717, 1.165) is 5.56 Å². The SMILES string of the molecule is Oc1cc[c]cc1C1CC1. The molecule has 1 N–H and O–H groups in total. The second kappa shape index (κ2) is 2.01. The van der Waals surface area contributed by atoms with Crippen LogP contribution < -0.4 is 0 Å². The van der Waals surface area contributed by atoms with Gasteiger partial charge < -0.3 is 5.11 Å². The molecule has 1 nitrogen and oxygen atoms in total. The largest absolute Gasteiger partial charge is 0.508 e. The fourth-order valence-corrected chi connectivity index (χ4v) is 1.16. The molecule has 1 aliphatic carbocycles. The van der Waals surface area contributed by atoms with Gasteiger partial charge in [-0.1, -0.05) is 6.07 Å². The number of hydrogen-bond donors (Lipinski definition) is 1. The van der Waals surface area contributed by atoms with Gasteiger partial charge in [-0.2, -0.15) is 0 Å². The molecule has 0 bridgehead atoms. The van der Waals surface area contributed by atoms with Crippen LogP contribution in [0.4, 0.5) is 0 Å². The van der Waals surface area contributed by atoms with E-state index in [0.29, 0.717) is 11.7 Å². The first-order chi connectivity index (χ1) is 4.88. The van der Waals surface area contributed by atoms with Crippen LogP contribution in [0, 0.1) is 6.07 Å². The van der Waals surface area contributed by atoms with Crippen LogP contribution in [-0.2, 0) is 0 Å². The Morgan fingerprint density at radius 2 is 2.30 bits per heavy atom. The highest BCUT2D eigenvalue weighted by molar-refractivity contribution is 5.36. The minimum atomic E-state index is 0.432. The minimum absolute atomic E-state index is 0.432. The summed E-state index contributed by atoms with van der Waals surface area (Å²) in [6, 6.07) is 8.28. The Labute approximate surface area is 60.3 Å². The minimum Gasteiger partial charge on any atom is -0.508 e. The lowest BCUT2D eigenvalue weighted by molar-refractivity contribution is 0.468. The molecule has 0 aliphatic heterocycles. The van der Waals surface area contributed by atoms with E-state index in [2.05, 4.69) is 6.07 Å². The summed E-state index contributed by atoms with van der Waals surface area (Å²) in [6.07, 6.45) is 2.46. The molecule has 0 saturated heterocycles. The highest BCUT2D eigenvalue weighted by Gasteiger charge is 2.25. The van der Waals surface area contributed by atoms with Crippen LogP contribution in [0.3, 0.4) is 0 Å². The fourth-order valence-electron chi connectivity index (χ4n) is 1.16. The van der Waals surface area contributed by atoms with Gasteiger partial charge in [0.15, 0.2) is 0 Å².